The van der Waals surface area contributed by atoms with E-state index < -0.39 is 0 Å². The number of anilines is 1. The summed E-state index contributed by atoms with van der Waals surface area (Å²) in [5, 5.41) is 14.2. The molecule has 0 bridgehead atoms. The number of nitrogens with one attached hydrogen (secondary N) is 1. The molecule has 6 nitrogen and oxygen atoms in total. The number of nitro groups is 1. The SMILES string of the molecule is CCOC1CC(N)C1Nc1c(C)cccc1[N+](=O)[O-]. The normalized spacial score (nSPS) is 25.7. The van der Waals surface area contributed by atoms with Crippen LogP contribution in [0.2, 0.25) is 0 Å². The van der Waals surface area contributed by atoms with Gasteiger partial charge in [0.05, 0.1) is 17.1 Å². The summed E-state index contributed by atoms with van der Waals surface area (Å²) in [6.45, 7) is 4.39. The van der Waals surface area contributed by atoms with Gasteiger partial charge in [-0.25, -0.2) is 0 Å². The average molecular weight is 265 g/mol. The van der Waals surface area contributed by atoms with Crippen molar-refractivity contribution in [1.29, 1.82) is 0 Å². The van der Waals surface area contributed by atoms with E-state index in [1.54, 1.807) is 6.07 Å². The topological polar surface area (TPSA) is 90.4 Å². The number of nitro benzene ring substituents is 1. The molecule has 0 saturated heterocycles. The molecule has 3 N–H and O–H groups in total. The Morgan fingerprint density at radius 1 is 1.58 bits per heavy atom. The Kier molecular flexibility index (Phi) is 4.01. The molecule has 0 aliphatic heterocycles. The van der Waals surface area contributed by atoms with E-state index in [1.807, 2.05) is 19.9 Å². The Labute approximate surface area is 112 Å². The summed E-state index contributed by atoms with van der Waals surface area (Å²) in [5.41, 5.74) is 7.41. The van der Waals surface area contributed by atoms with Crippen LogP contribution in [0.15, 0.2) is 18.2 Å². The van der Waals surface area contributed by atoms with Crippen molar-refractivity contribution in [2.75, 3.05) is 11.9 Å². The van der Waals surface area contributed by atoms with E-state index in [2.05, 4.69) is 5.32 Å². The zero-order valence-corrected chi connectivity index (χ0v) is 11.1. The third-order valence-electron chi connectivity index (χ3n) is 3.51. The third kappa shape index (κ3) is 2.69. The molecule has 1 aliphatic rings. The fraction of sp³-hybridized carbons (Fsp3) is 0.538. The van der Waals surface area contributed by atoms with Gasteiger partial charge in [0, 0.05) is 18.7 Å². The highest BCUT2D eigenvalue weighted by Crippen LogP contribution is 2.33. The largest absolute Gasteiger partial charge is 0.376 e. The van der Waals surface area contributed by atoms with Gasteiger partial charge in [0.2, 0.25) is 0 Å². The minimum Gasteiger partial charge on any atom is -0.376 e. The van der Waals surface area contributed by atoms with E-state index in [0.29, 0.717) is 12.3 Å². The van der Waals surface area contributed by atoms with Crippen LogP contribution < -0.4 is 11.1 Å². The molecule has 0 heterocycles. The zero-order valence-electron chi connectivity index (χ0n) is 11.1. The van der Waals surface area contributed by atoms with Crippen molar-refractivity contribution in [3.8, 4) is 0 Å². The highest BCUT2D eigenvalue weighted by atomic mass is 16.6. The molecule has 1 aromatic rings. The fourth-order valence-corrected chi connectivity index (χ4v) is 2.39. The Bertz CT molecular complexity index is 476. The Morgan fingerprint density at radius 2 is 2.32 bits per heavy atom. The first-order valence-electron chi connectivity index (χ1n) is 6.42. The van der Waals surface area contributed by atoms with E-state index in [-0.39, 0.29) is 28.8 Å². The molecule has 0 amide bonds. The molecular formula is C13H19N3O3. The number of benzene rings is 1. The lowest BCUT2D eigenvalue weighted by Crippen LogP contribution is -2.60. The number of nitrogens with zero attached hydrogens (tertiary/aromatic N) is 1. The lowest BCUT2D eigenvalue weighted by atomic mass is 9.83. The van der Waals surface area contributed by atoms with E-state index in [9.17, 15) is 10.1 Å². The van der Waals surface area contributed by atoms with Crippen molar-refractivity contribution < 1.29 is 9.66 Å². The number of hydrogen-bond acceptors (Lipinski definition) is 5. The van der Waals surface area contributed by atoms with Gasteiger partial charge < -0.3 is 15.8 Å². The molecule has 0 radical (unpaired) electrons. The maximum Gasteiger partial charge on any atom is 0.292 e. The van der Waals surface area contributed by atoms with Crippen LogP contribution in [0, 0.1) is 17.0 Å². The van der Waals surface area contributed by atoms with Crippen LogP contribution in [0.5, 0.6) is 0 Å². The number of hydrogen-bond donors (Lipinski definition) is 2. The van der Waals surface area contributed by atoms with Crippen LogP contribution in [-0.4, -0.2) is 29.7 Å². The predicted molar refractivity (Wildman–Crippen MR) is 73.3 cm³/mol. The summed E-state index contributed by atoms with van der Waals surface area (Å²) in [7, 11) is 0. The van der Waals surface area contributed by atoms with Crippen molar-refractivity contribution in [1.82, 2.24) is 0 Å². The van der Waals surface area contributed by atoms with E-state index in [4.69, 9.17) is 10.5 Å². The Morgan fingerprint density at radius 3 is 2.89 bits per heavy atom. The molecule has 3 atom stereocenters. The van der Waals surface area contributed by atoms with Crippen LogP contribution >= 0.6 is 0 Å². The van der Waals surface area contributed by atoms with E-state index in [1.165, 1.54) is 6.07 Å². The second-order valence-electron chi connectivity index (χ2n) is 4.79. The second kappa shape index (κ2) is 5.54. The van der Waals surface area contributed by atoms with Crippen molar-refractivity contribution in [2.24, 2.45) is 5.73 Å². The van der Waals surface area contributed by atoms with Crippen LogP contribution in [0.1, 0.15) is 18.9 Å². The first-order chi connectivity index (χ1) is 9.04. The average Bonchev–Trinajstić information content (AvgIpc) is 2.36. The molecule has 0 spiro atoms. The van der Waals surface area contributed by atoms with Crippen molar-refractivity contribution >= 4 is 11.4 Å². The van der Waals surface area contributed by atoms with Gasteiger partial charge in [0.25, 0.3) is 5.69 Å². The lowest BCUT2D eigenvalue weighted by Gasteiger charge is -2.43. The molecule has 19 heavy (non-hydrogen) atoms. The molecular weight excluding hydrogens is 246 g/mol. The molecule has 3 unspecified atom stereocenters. The molecule has 1 aliphatic carbocycles. The van der Waals surface area contributed by atoms with Gasteiger partial charge in [-0.1, -0.05) is 12.1 Å². The van der Waals surface area contributed by atoms with Crippen LogP contribution in [0.3, 0.4) is 0 Å². The summed E-state index contributed by atoms with van der Waals surface area (Å²) in [6.07, 6.45) is 0.810. The fourth-order valence-electron chi connectivity index (χ4n) is 2.39. The van der Waals surface area contributed by atoms with Gasteiger partial charge in [0.1, 0.15) is 5.69 Å². The monoisotopic (exact) mass is 265 g/mol. The molecule has 1 saturated carbocycles. The van der Waals surface area contributed by atoms with Gasteiger partial charge in [0.15, 0.2) is 0 Å². The summed E-state index contributed by atoms with van der Waals surface area (Å²) < 4.78 is 5.56. The minimum absolute atomic E-state index is 0.0270. The molecule has 1 fully saturated rings. The number of para-hydroxylation sites is 1. The van der Waals surface area contributed by atoms with Crippen molar-refractivity contribution in [3.05, 3.63) is 33.9 Å². The van der Waals surface area contributed by atoms with Gasteiger partial charge in [-0.2, -0.15) is 0 Å². The van der Waals surface area contributed by atoms with Crippen molar-refractivity contribution in [2.45, 2.75) is 38.5 Å². The molecule has 6 heteroatoms. The van der Waals surface area contributed by atoms with Crippen molar-refractivity contribution in [3.63, 3.8) is 0 Å². The summed E-state index contributed by atoms with van der Waals surface area (Å²) in [4.78, 5) is 10.7. The zero-order chi connectivity index (χ0) is 14.0. The Balaban J connectivity index is 2.21. The van der Waals surface area contributed by atoms with Crippen LogP contribution in [-0.2, 0) is 4.74 Å². The quantitative estimate of drug-likeness (QED) is 0.626. The maximum absolute atomic E-state index is 11.1. The number of nitrogens with two attached hydrogens (primary N) is 1. The van der Waals surface area contributed by atoms with E-state index >= 15 is 0 Å². The minimum atomic E-state index is -0.380. The number of rotatable bonds is 5. The van der Waals surface area contributed by atoms with Gasteiger partial charge in [-0.05, 0) is 25.8 Å². The third-order valence-corrected chi connectivity index (χ3v) is 3.51. The number of aryl methyl sites for hydroxylation is 1. The Hall–Kier alpha value is -1.66. The predicted octanol–water partition coefficient (Wildman–Crippen LogP) is 1.82. The molecule has 0 aromatic heterocycles. The smallest absolute Gasteiger partial charge is 0.292 e. The maximum atomic E-state index is 11.1. The molecule has 1 aromatic carbocycles. The van der Waals surface area contributed by atoms with Gasteiger partial charge >= 0.3 is 0 Å². The summed E-state index contributed by atoms with van der Waals surface area (Å²) in [6, 6.07) is 4.92. The summed E-state index contributed by atoms with van der Waals surface area (Å²) >= 11 is 0. The highest BCUT2D eigenvalue weighted by molar-refractivity contribution is 5.66. The molecule has 104 valence electrons. The van der Waals surface area contributed by atoms with Gasteiger partial charge in [-0.3, -0.25) is 10.1 Å². The first-order valence-corrected chi connectivity index (χ1v) is 6.42. The van der Waals surface area contributed by atoms with Crippen LogP contribution in [0.25, 0.3) is 0 Å². The van der Waals surface area contributed by atoms with Crippen LogP contribution in [0.4, 0.5) is 11.4 Å². The highest BCUT2D eigenvalue weighted by Gasteiger charge is 2.40. The molecule has 2 rings (SSSR count). The lowest BCUT2D eigenvalue weighted by molar-refractivity contribution is -0.384. The van der Waals surface area contributed by atoms with E-state index in [0.717, 1.165) is 12.0 Å². The second-order valence-corrected chi connectivity index (χ2v) is 4.79. The first kappa shape index (κ1) is 13.8. The standard InChI is InChI=1S/C13H19N3O3/c1-3-19-11-7-9(14)13(11)15-12-8(2)5-4-6-10(12)16(17)18/h4-6,9,11,13,15H,3,7,14H2,1-2H3. The van der Waals surface area contributed by atoms with Gasteiger partial charge in [-0.15, -0.1) is 0 Å². The number of ether oxygens (including phenoxy) is 1. The summed E-state index contributed by atoms with van der Waals surface area (Å²) in [5.74, 6) is 0.